The predicted molar refractivity (Wildman–Crippen MR) is 62.0 cm³/mol. The van der Waals surface area contributed by atoms with E-state index in [0.29, 0.717) is 5.56 Å². The van der Waals surface area contributed by atoms with Crippen molar-refractivity contribution in [1.29, 1.82) is 5.26 Å². The monoisotopic (exact) mass is 262 g/mol. The molecule has 0 spiro atoms. The van der Waals surface area contributed by atoms with Gasteiger partial charge in [-0.1, -0.05) is 6.07 Å². The Labute approximate surface area is 106 Å². The Morgan fingerprint density at radius 2 is 2.21 bits per heavy atom. The van der Waals surface area contributed by atoms with Crippen LogP contribution in [0.3, 0.4) is 0 Å². The van der Waals surface area contributed by atoms with Crippen molar-refractivity contribution in [3.05, 3.63) is 47.2 Å². The van der Waals surface area contributed by atoms with Crippen LogP contribution in [0.1, 0.15) is 11.1 Å². The fraction of sp³-hybridized carbons (Fsp3) is 0.0833. The van der Waals surface area contributed by atoms with Crippen molar-refractivity contribution in [3.8, 4) is 6.07 Å². The van der Waals surface area contributed by atoms with Gasteiger partial charge in [0.1, 0.15) is 17.5 Å². The highest BCUT2D eigenvalue weighted by Crippen LogP contribution is 2.12. The summed E-state index contributed by atoms with van der Waals surface area (Å²) in [5.41, 5.74) is 0.521. The molecule has 0 saturated heterocycles. The normalized spacial score (nSPS) is 9.95. The number of nitrogens with one attached hydrogen (secondary N) is 2. The van der Waals surface area contributed by atoms with Gasteiger partial charge < -0.3 is 5.32 Å². The lowest BCUT2D eigenvalue weighted by Crippen LogP contribution is -2.15. The van der Waals surface area contributed by atoms with Crippen LogP contribution < -0.4 is 5.32 Å². The van der Waals surface area contributed by atoms with Crippen molar-refractivity contribution in [2.75, 3.05) is 5.32 Å². The van der Waals surface area contributed by atoms with Gasteiger partial charge in [-0.3, -0.25) is 9.89 Å². The maximum atomic E-state index is 13.0. The third-order valence-electron chi connectivity index (χ3n) is 2.37. The molecular weight excluding hydrogens is 254 g/mol. The van der Waals surface area contributed by atoms with E-state index in [-0.39, 0.29) is 17.8 Å². The second kappa shape index (κ2) is 5.27. The zero-order chi connectivity index (χ0) is 13.8. The predicted octanol–water partition coefficient (Wildman–Crippen LogP) is 1.74. The van der Waals surface area contributed by atoms with E-state index in [1.807, 2.05) is 6.07 Å². The molecule has 2 rings (SSSR count). The minimum Gasteiger partial charge on any atom is -0.310 e. The van der Waals surface area contributed by atoms with Gasteiger partial charge in [0.25, 0.3) is 0 Å². The minimum atomic E-state index is -1.01. The van der Waals surface area contributed by atoms with Gasteiger partial charge in [-0.25, -0.2) is 8.78 Å². The molecule has 1 heterocycles. The number of nitrogens with zero attached hydrogens (tertiary/aromatic N) is 2. The number of hydrogen-bond donors (Lipinski definition) is 2. The highest BCUT2D eigenvalue weighted by molar-refractivity contribution is 5.92. The molecule has 2 N–H and O–H groups in total. The van der Waals surface area contributed by atoms with Crippen LogP contribution in [-0.2, 0) is 11.2 Å². The molecule has 5 nitrogen and oxygen atoms in total. The van der Waals surface area contributed by atoms with Gasteiger partial charge in [-0.2, -0.15) is 10.4 Å². The molecule has 0 unspecified atom stereocenters. The standard InChI is InChI=1S/C12H8F2N4O/c13-9-2-1-7(3-10(9)14)4-11(19)17-12-8(5-15)6-16-18-12/h1-3,6H,4H2,(H2,16,17,18,19). The maximum absolute atomic E-state index is 13.0. The SMILES string of the molecule is N#Cc1cn[nH]c1NC(=O)Cc1ccc(F)c(F)c1. The van der Waals surface area contributed by atoms with E-state index in [1.54, 1.807) is 0 Å². The molecule has 96 valence electrons. The van der Waals surface area contributed by atoms with Crippen LogP contribution in [0, 0.1) is 23.0 Å². The number of H-pyrrole nitrogens is 1. The van der Waals surface area contributed by atoms with Gasteiger partial charge in [0, 0.05) is 0 Å². The number of amides is 1. The number of halogens is 2. The van der Waals surface area contributed by atoms with Crippen LogP contribution in [0.2, 0.25) is 0 Å². The first-order valence-corrected chi connectivity index (χ1v) is 5.27. The van der Waals surface area contributed by atoms with Crippen LogP contribution in [0.15, 0.2) is 24.4 Å². The Morgan fingerprint density at radius 1 is 1.42 bits per heavy atom. The number of carbonyl (C=O) groups is 1. The summed E-state index contributed by atoms with van der Waals surface area (Å²) in [5, 5.41) is 17.2. The van der Waals surface area contributed by atoms with E-state index < -0.39 is 17.5 Å². The minimum absolute atomic E-state index is 0.138. The third-order valence-corrected chi connectivity index (χ3v) is 2.37. The Balaban J connectivity index is 2.06. The fourth-order valence-corrected chi connectivity index (χ4v) is 1.48. The van der Waals surface area contributed by atoms with Gasteiger partial charge in [0.05, 0.1) is 12.6 Å². The fourth-order valence-electron chi connectivity index (χ4n) is 1.48. The average molecular weight is 262 g/mol. The summed E-state index contributed by atoms with van der Waals surface area (Å²) in [5.74, 6) is -2.27. The molecule has 0 aliphatic heterocycles. The average Bonchev–Trinajstić information content (AvgIpc) is 2.81. The topological polar surface area (TPSA) is 81.6 Å². The zero-order valence-corrected chi connectivity index (χ0v) is 9.58. The molecule has 0 bridgehead atoms. The molecule has 1 aromatic heterocycles. The quantitative estimate of drug-likeness (QED) is 0.883. The summed E-state index contributed by atoms with van der Waals surface area (Å²) in [6.45, 7) is 0. The largest absolute Gasteiger partial charge is 0.310 e. The number of nitriles is 1. The van der Waals surface area contributed by atoms with Crippen LogP contribution in [-0.4, -0.2) is 16.1 Å². The van der Waals surface area contributed by atoms with Crippen LogP contribution in [0.5, 0.6) is 0 Å². The second-order valence-corrected chi connectivity index (χ2v) is 3.74. The zero-order valence-electron chi connectivity index (χ0n) is 9.58. The van der Waals surface area contributed by atoms with E-state index in [1.165, 1.54) is 12.3 Å². The maximum Gasteiger partial charge on any atom is 0.229 e. The smallest absolute Gasteiger partial charge is 0.229 e. The Hall–Kier alpha value is -2.75. The molecule has 0 aliphatic carbocycles. The molecular formula is C12H8F2N4O. The summed E-state index contributed by atoms with van der Waals surface area (Å²) in [7, 11) is 0. The lowest BCUT2D eigenvalue weighted by Gasteiger charge is -2.03. The van der Waals surface area contributed by atoms with Crippen molar-refractivity contribution in [2.24, 2.45) is 0 Å². The lowest BCUT2D eigenvalue weighted by atomic mass is 10.1. The van der Waals surface area contributed by atoms with E-state index in [0.717, 1.165) is 12.1 Å². The molecule has 1 aromatic carbocycles. The Bertz CT molecular complexity index is 660. The number of aromatic nitrogens is 2. The van der Waals surface area contributed by atoms with E-state index in [4.69, 9.17) is 5.26 Å². The summed E-state index contributed by atoms with van der Waals surface area (Å²) in [6, 6.07) is 5.06. The third kappa shape index (κ3) is 2.93. The van der Waals surface area contributed by atoms with Gasteiger partial charge in [0.15, 0.2) is 11.6 Å². The number of carbonyl (C=O) groups excluding carboxylic acids is 1. The molecule has 0 fully saturated rings. The molecule has 1 amide bonds. The van der Waals surface area contributed by atoms with Crippen molar-refractivity contribution < 1.29 is 13.6 Å². The number of anilines is 1. The van der Waals surface area contributed by atoms with Crippen LogP contribution in [0.25, 0.3) is 0 Å². The van der Waals surface area contributed by atoms with Crippen molar-refractivity contribution in [1.82, 2.24) is 10.2 Å². The lowest BCUT2D eigenvalue weighted by molar-refractivity contribution is -0.115. The van der Waals surface area contributed by atoms with E-state index in [9.17, 15) is 13.6 Å². The van der Waals surface area contributed by atoms with Crippen molar-refractivity contribution in [3.63, 3.8) is 0 Å². The first-order valence-electron chi connectivity index (χ1n) is 5.27. The Morgan fingerprint density at radius 3 is 2.89 bits per heavy atom. The van der Waals surface area contributed by atoms with E-state index in [2.05, 4.69) is 15.5 Å². The first kappa shape index (κ1) is 12.7. The number of benzene rings is 1. The van der Waals surface area contributed by atoms with Crippen LogP contribution in [0.4, 0.5) is 14.6 Å². The van der Waals surface area contributed by atoms with Crippen molar-refractivity contribution >= 4 is 11.7 Å². The summed E-state index contributed by atoms with van der Waals surface area (Å²) in [4.78, 5) is 11.7. The molecule has 2 aromatic rings. The molecule has 0 atom stereocenters. The molecule has 0 radical (unpaired) electrons. The number of aromatic amines is 1. The van der Waals surface area contributed by atoms with Crippen molar-refractivity contribution in [2.45, 2.75) is 6.42 Å². The first-order chi connectivity index (χ1) is 9.10. The van der Waals surface area contributed by atoms with Gasteiger partial charge in [-0.05, 0) is 17.7 Å². The Kier molecular flexibility index (Phi) is 3.52. The summed E-state index contributed by atoms with van der Waals surface area (Å²) < 4.78 is 25.7. The summed E-state index contributed by atoms with van der Waals surface area (Å²) in [6.07, 6.45) is 1.13. The number of hydrogen-bond acceptors (Lipinski definition) is 3. The molecule has 19 heavy (non-hydrogen) atoms. The van der Waals surface area contributed by atoms with Gasteiger partial charge in [-0.15, -0.1) is 0 Å². The highest BCUT2D eigenvalue weighted by atomic mass is 19.2. The number of rotatable bonds is 3. The van der Waals surface area contributed by atoms with Gasteiger partial charge >= 0.3 is 0 Å². The molecule has 7 heteroatoms. The van der Waals surface area contributed by atoms with Crippen LogP contribution >= 0.6 is 0 Å². The van der Waals surface area contributed by atoms with E-state index >= 15 is 0 Å². The highest BCUT2D eigenvalue weighted by Gasteiger charge is 2.10. The molecule has 0 aliphatic rings. The van der Waals surface area contributed by atoms with Gasteiger partial charge in [0.2, 0.25) is 5.91 Å². The molecule has 0 saturated carbocycles. The second-order valence-electron chi connectivity index (χ2n) is 3.74. The summed E-state index contributed by atoms with van der Waals surface area (Å²) >= 11 is 0.